The van der Waals surface area contributed by atoms with Gasteiger partial charge >= 0.3 is 0 Å². The summed E-state index contributed by atoms with van der Waals surface area (Å²) in [5, 5.41) is 0. The molecule has 0 aromatic rings. The number of carbonyl (C=O) groups is 1. The van der Waals surface area contributed by atoms with Gasteiger partial charge in [0.25, 0.3) is 0 Å². The molecule has 10 heavy (non-hydrogen) atoms. The van der Waals surface area contributed by atoms with Crippen LogP contribution in [0.3, 0.4) is 0 Å². The molecule has 0 N–H and O–H groups in total. The fourth-order valence-corrected chi connectivity index (χ4v) is 0. The topological polar surface area (TPSA) is 20.3 Å². The molecule has 0 radical (unpaired) electrons. The van der Waals surface area contributed by atoms with E-state index < -0.39 is 0 Å². The van der Waals surface area contributed by atoms with Crippen molar-refractivity contribution in [3.8, 4) is 0 Å². The Morgan fingerprint density at radius 3 is 1.10 bits per heavy atom. The zero-order valence-corrected chi connectivity index (χ0v) is 8.36. The maximum Gasteiger partial charge on any atom is 0.218 e. The molecule has 0 unspecified atom stereocenters. The highest BCUT2D eigenvalue weighted by atomic mass is 16.2. The fraction of sp³-hybridized carbons (Fsp3) is 0.875. The number of hydrogen-bond acceptors (Lipinski definition) is 1. The zero-order chi connectivity index (χ0) is 9.15. The highest BCUT2D eigenvalue weighted by molar-refractivity contribution is 5.72. The number of carbonyl (C=O) groups excluding carboxylic acids is 1. The van der Waals surface area contributed by atoms with Crippen LogP contribution in [0, 0.1) is 0 Å². The third kappa shape index (κ3) is 26.0. The molecule has 0 spiro atoms. The smallest absolute Gasteiger partial charge is 0.218 e. The van der Waals surface area contributed by atoms with Gasteiger partial charge in [-0.05, 0) is 0 Å². The lowest BCUT2D eigenvalue weighted by atomic mass is 10.7. The van der Waals surface area contributed by atoms with Crippen molar-refractivity contribution in [3.05, 3.63) is 0 Å². The Bertz CT molecular complexity index is 60.3. The molecule has 1 amide bonds. The number of nitrogens with zero attached hydrogens (tertiary/aromatic N) is 1. The van der Waals surface area contributed by atoms with Crippen molar-refractivity contribution in [2.75, 3.05) is 14.1 Å². The Morgan fingerprint density at radius 1 is 1.00 bits per heavy atom. The van der Waals surface area contributed by atoms with Crippen LogP contribution in [0.4, 0.5) is 0 Å². The van der Waals surface area contributed by atoms with Crippen LogP contribution in [0.25, 0.3) is 0 Å². The summed E-state index contributed by atoms with van der Waals surface area (Å²) in [7, 11) is 3.45. The molecule has 0 heterocycles. The third-order valence-corrected chi connectivity index (χ3v) is 0.630. The summed E-state index contributed by atoms with van der Waals surface area (Å²) >= 11 is 0. The second kappa shape index (κ2) is 15.8. The molecule has 0 saturated carbocycles. The summed E-state index contributed by atoms with van der Waals surface area (Å²) in [5.74, 6) is 0.0926. The lowest BCUT2D eigenvalue weighted by molar-refractivity contribution is -0.126. The van der Waals surface area contributed by atoms with Crippen molar-refractivity contribution in [1.29, 1.82) is 0 Å². The van der Waals surface area contributed by atoms with E-state index in [4.69, 9.17) is 0 Å². The lowest BCUT2D eigenvalue weighted by Gasteiger charge is -2.02. The Balaban J connectivity index is -0.000000105. The van der Waals surface area contributed by atoms with Gasteiger partial charge in [-0.15, -0.1) is 0 Å². The highest BCUT2D eigenvalue weighted by Crippen LogP contribution is 1.69. The van der Waals surface area contributed by atoms with Crippen LogP contribution >= 0.6 is 0 Å². The van der Waals surface area contributed by atoms with Gasteiger partial charge in [0.05, 0.1) is 0 Å². The first-order valence-electron chi connectivity index (χ1n) is 3.82. The van der Waals surface area contributed by atoms with Gasteiger partial charge < -0.3 is 4.90 Å². The maximum absolute atomic E-state index is 10.1. The van der Waals surface area contributed by atoms with Crippen molar-refractivity contribution in [2.45, 2.75) is 34.6 Å². The second-order valence-corrected chi connectivity index (χ2v) is 1.41. The standard InChI is InChI=1S/C4H9NO.2C2H6/c1-4(6)5(2)3;2*1-2/h1-3H3;2*1-2H3. The van der Waals surface area contributed by atoms with E-state index in [0.717, 1.165) is 0 Å². The quantitative estimate of drug-likeness (QED) is 0.514. The van der Waals surface area contributed by atoms with Gasteiger partial charge in [0, 0.05) is 21.0 Å². The maximum atomic E-state index is 10.1. The summed E-state index contributed by atoms with van der Waals surface area (Å²) in [6, 6.07) is 0. The van der Waals surface area contributed by atoms with Gasteiger partial charge in [-0.3, -0.25) is 4.79 Å². The van der Waals surface area contributed by atoms with Crippen LogP contribution in [-0.4, -0.2) is 24.9 Å². The average Bonchev–Trinajstić information content (AvgIpc) is 1.96. The first-order valence-corrected chi connectivity index (χ1v) is 3.82. The van der Waals surface area contributed by atoms with Crippen molar-refractivity contribution in [3.63, 3.8) is 0 Å². The van der Waals surface area contributed by atoms with Crippen molar-refractivity contribution >= 4 is 5.91 Å². The summed E-state index contributed by atoms with van der Waals surface area (Å²) in [6.45, 7) is 9.53. The van der Waals surface area contributed by atoms with Gasteiger partial charge in [0.1, 0.15) is 0 Å². The molecule has 0 aliphatic carbocycles. The Hall–Kier alpha value is -0.530. The van der Waals surface area contributed by atoms with Crippen LogP contribution in [0.1, 0.15) is 34.6 Å². The Labute approximate surface area is 65.2 Å². The minimum atomic E-state index is 0.0926. The lowest BCUT2D eigenvalue weighted by Crippen LogP contribution is -2.17. The van der Waals surface area contributed by atoms with E-state index in [-0.39, 0.29) is 5.91 Å². The molecule has 64 valence electrons. The molecule has 0 aromatic carbocycles. The highest BCUT2D eigenvalue weighted by Gasteiger charge is 1.87. The minimum absolute atomic E-state index is 0.0926. The van der Waals surface area contributed by atoms with Crippen LogP contribution in [0.15, 0.2) is 0 Å². The third-order valence-electron chi connectivity index (χ3n) is 0.630. The second-order valence-electron chi connectivity index (χ2n) is 1.41. The largest absolute Gasteiger partial charge is 0.349 e. The first-order chi connectivity index (χ1) is 4.64. The Morgan fingerprint density at radius 2 is 1.10 bits per heavy atom. The summed E-state index contributed by atoms with van der Waals surface area (Å²) in [5.41, 5.74) is 0. The number of rotatable bonds is 0. The predicted molar refractivity (Wildman–Crippen MR) is 47.1 cm³/mol. The van der Waals surface area contributed by atoms with Crippen LogP contribution in [0.5, 0.6) is 0 Å². The van der Waals surface area contributed by atoms with Crippen molar-refractivity contribution < 1.29 is 4.79 Å². The SMILES string of the molecule is CC.CC.CC(=O)N(C)C. The van der Waals surface area contributed by atoms with E-state index in [9.17, 15) is 4.79 Å². The van der Waals surface area contributed by atoms with Crippen LogP contribution in [0.2, 0.25) is 0 Å². The summed E-state index contributed by atoms with van der Waals surface area (Å²) in [4.78, 5) is 11.6. The summed E-state index contributed by atoms with van der Waals surface area (Å²) < 4.78 is 0. The van der Waals surface area contributed by atoms with E-state index in [2.05, 4.69) is 0 Å². The molecule has 0 atom stereocenters. The normalized spacial score (nSPS) is 5.90. The Kier molecular flexibility index (Phi) is 25.6. The first kappa shape index (κ1) is 16.2. The molecular formula is C8H21NO. The molecule has 0 aromatic heterocycles. The van der Waals surface area contributed by atoms with Gasteiger partial charge in [-0.1, -0.05) is 27.7 Å². The predicted octanol–water partition coefficient (Wildman–Crippen LogP) is 2.15. The monoisotopic (exact) mass is 147 g/mol. The molecule has 0 aliphatic heterocycles. The number of hydrogen-bond donors (Lipinski definition) is 0. The van der Waals surface area contributed by atoms with Crippen molar-refractivity contribution in [2.24, 2.45) is 0 Å². The summed E-state index contributed by atoms with van der Waals surface area (Å²) in [6.07, 6.45) is 0. The van der Waals surface area contributed by atoms with Crippen molar-refractivity contribution in [1.82, 2.24) is 4.90 Å². The molecule has 0 bridgehead atoms. The molecule has 0 fully saturated rings. The molecule has 2 nitrogen and oxygen atoms in total. The van der Waals surface area contributed by atoms with Gasteiger partial charge in [0.2, 0.25) is 5.91 Å². The molecule has 0 rings (SSSR count). The van der Waals surface area contributed by atoms with Gasteiger partial charge in [0.15, 0.2) is 0 Å². The number of amides is 1. The van der Waals surface area contributed by atoms with E-state index >= 15 is 0 Å². The zero-order valence-electron chi connectivity index (χ0n) is 8.36. The van der Waals surface area contributed by atoms with Crippen LogP contribution in [-0.2, 0) is 4.79 Å². The van der Waals surface area contributed by atoms with Gasteiger partial charge in [-0.2, -0.15) is 0 Å². The average molecular weight is 147 g/mol. The van der Waals surface area contributed by atoms with E-state index in [1.165, 1.54) is 11.8 Å². The van der Waals surface area contributed by atoms with E-state index in [1.807, 2.05) is 27.7 Å². The molecule has 0 aliphatic rings. The van der Waals surface area contributed by atoms with E-state index in [1.54, 1.807) is 14.1 Å². The molecule has 0 saturated heterocycles. The van der Waals surface area contributed by atoms with E-state index in [0.29, 0.717) is 0 Å². The minimum Gasteiger partial charge on any atom is -0.349 e. The molecule has 2 heteroatoms. The fourth-order valence-electron chi connectivity index (χ4n) is 0. The van der Waals surface area contributed by atoms with Gasteiger partial charge in [-0.25, -0.2) is 0 Å². The molecular weight excluding hydrogens is 126 g/mol. The van der Waals surface area contributed by atoms with Crippen LogP contribution < -0.4 is 0 Å².